The number of carbonyl (C=O) groups excluding carboxylic acids is 1. The third-order valence-electron chi connectivity index (χ3n) is 4.65. The van der Waals surface area contributed by atoms with Gasteiger partial charge in [-0.2, -0.15) is 0 Å². The minimum atomic E-state index is 0. The lowest BCUT2D eigenvalue weighted by Crippen LogP contribution is -2.39. The Hall–Kier alpha value is -1.31. The molecular formula is C20H33IN4O. The van der Waals surface area contributed by atoms with Crippen molar-refractivity contribution in [3.8, 4) is 0 Å². The summed E-state index contributed by atoms with van der Waals surface area (Å²) in [6.07, 6.45) is 2.66. The highest BCUT2D eigenvalue weighted by atomic mass is 127. The maximum absolute atomic E-state index is 11.6. The van der Waals surface area contributed by atoms with Crippen molar-refractivity contribution in [1.82, 2.24) is 15.5 Å². The van der Waals surface area contributed by atoms with Gasteiger partial charge in [0, 0.05) is 32.6 Å². The number of amides is 1. The van der Waals surface area contributed by atoms with E-state index in [1.807, 2.05) is 4.90 Å². The zero-order valence-electron chi connectivity index (χ0n) is 16.5. The normalized spacial score (nSPS) is 14.4. The SMILES string of the molecule is CCNC(=NCc1c(C)cc(C)cc1C)NCCCN1CCCC1=O.I. The van der Waals surface area contributed by atoms with Gasteiger partial charge in [-0.15, -0.1) is 24.0 Å². The molecule has 1 fully saturated rings. The maximum Gasteiger partial charge on any atom is 0.222 e. The van der Waals surface area contributed by atoms with E-state index in [4.69, 9.17) is 4.99 Å². The zero-order chi connectivity index (χ0) is 18.2. The van der Waals surface area contributed by atoms with Crippen LogP contribution in [0.25, 0.3) is 0 Å². The molecule has 1 aliphatic heterocycles. The molecule has 0 radical (unpaired) electrons. The number of guanidine groups is 1. The van der Waals surface area contributed by atoms with E-state index in [1.54, 1.807) is 0 Å². The lowest BCUT2D eigenvalue weighted by Gasteiger charge is -2.17. The first kappa shape index (κ1) is 22.7. The van der Waals surface area contributed by atoms with E-state index in [1.165, 1.54) is 22.3 Å². The quantitative estimate of drug-likeness (QED) is 0.277. The second-order valence-corrected chi connectivity index (χ2v) is 6.84. The second-order valence-electron chi connectivity index (χ2n) is 6.84. The Morgan fingerprint density at radius 3 is 2.46 bits per heavy atom. The average molecular weight is 472 g/mol. The number of rotatable bonds is 7. The Morgan fingerprint density at radius 2 is 1.88 bits per heavy atom. The van der Waals surface area contributed by atoms with E-state index < -0.39 is 0 Å². The van der Waals surface area contributed by atoms with E-state index in [9.17, 15) is 4.79 Å². The van der Waals surface area contributed by atoms with Crippen LogP contribution < -0.4 is 10.6 Å². The predicted octanol–water partition coefficient (Wildman–Crippen LogP) is 3.30. The molecule has 0 saturated carbocycles. The van der Waals surface area contributed by atoms with Gasteiger partial charge < -0.3 is 15.5 Å². The molecule has 1 saturated heterocycles. The lowest BCUT2D eigenvalue weighted by molar-refractivity contribution is -0.127. The Kier molecular flexibility index (Phi) is 9.98. The van der Waals surface area contributed by atoms with Gasteiger partial charge in [0.2, 0.25) is 5.91 Å². The lowest BCUT2D eigenvalue weighted by atomic mass is 10.00. The average Bonchev–Trinajstić information content (AvgIpc) is 2.95. The van der Waals surface area contributed by atoms with Crippen LogP contribution in [-0.2, 0) is 11.3 Å². The van der Waals surface area contributed by atoms with Crippen LogP contribution in [-0.4, -0.2) is 42.9 Å². The van der Waals surface area contributed by atoms with Crippen LogP contribution in [0.5, 0.6) is 0 Å². The maximum atomic E-state index is 11.6. The van der Waals surface area contributed by atoms with Crippen LogP contribution in [0.15, 0.2) is 17.1 Å². The van der Waals surface area contributed by atoms with E-state index in [2.05, 4.69) is 50.5 Å². The molecule has 0 unspecified atom stereocenters. The summed E-state index contributed by atoms with van der Waals surface area (Å²) in [6.45, 7) is 12.6. The number of nitrogens with zero attached hydrogens (tertiary/aromatic N) is 2. The van der Waals surface area contributed by atoms with Gasteiger partial charge in [0.05, 0.1) is 6.54 Å². The molecule has 6 heteroatoms. The second kappa shape index (κ2) is 11.4. The van der Waals surface area contributed by atoms with Crippen molar-refractivity contribution in [2.75, 3.05) is 26.2 Å². The van der Waals surface area contributed by atoms with Gasteiger partial charge in [-0.1, -0.05) is 17.7 Å². The monoisotopic (exact) mass is 472 g/mol. The van der Waals surface area contributed by atoms with Crippen LogP contribution in [0.4, 0.5) is 0 Å². The first-order valence-electron chi connectivity index (χ1n) is 9.38. The summed E-state index contributed by atoms with van der Waals surface area (Å²) >= 11 is 0. The summed E-state index contributed by atoms with van der Waals surface area (Å²) in [5.41, 5.74) is 5.18. The topological polar surface area (TPSA) is 56.7 Å². The number of aliphatic imine (C=N–C) groups is 1. The molecule has 1 aromatic rings. The summed E-state index contributed by atoms with van der Waals surface area (Å²) in [6, 6.07) is 4.43. The number of hydrogen-bond donors (Lipinski definition) is 2. The first-order chi connectivity index (χ1) is 12.0. The van der Waals surface area contributed by atoms with Gasteiger partial charge in [0.25, 0.3) is 0 Å². The van der Waals surface area contributed by atoms with Crippen molar-refractivity contribution in [2.45, 2.75) is 53.5 Å². The number of aryl methyl sites for hydroxylation is 3. The van der Waals surface area contributed by atoms with Gasteiger partial charge in [-0.3, -0.25) is 4.79 Å². The van der Waals surface area contributed by atoms with Crippen molar-refractivity contribution in [3.63, 3.8) is 0 Å². The molecular weight excluding hydrogens is 439 g/mol. The van der Waals surface area contributed by atoms with Gasteiger partial charge >= 0.3 is 0 Å². The molecule has 1 heterocycles. The molecule has 0 atom stereocenters. The number of halogens is 1. The highest BCUT2D eigenvalue weighted by molar-refractivity contribution is 14.0. The number of benzene rings is 1. The molecule has 5 nitrogen and oxygen atoms in total. The predicted molar refractivity (Wildman–Crippen MR) is 119 cm³/mol. The van der Waals surface area contributed by atoms with Crippen LogP contribution in [0.2, 0.25) is 0 Å². The van der Waals surface area contributed by atoms with Gasteiger partial charge in [-0.25, -0.2) is 4.99 Å². The minimum Gasteiger partial charge on any atom is -0.357 e. The summed E-state index contributed by atoms with van der Waals surface area (Å²) in [5, 5.41) is 6.68. The number of carbonyl (C=O) groups is 1. The molecule has 2 rings (SSSR count). The highest BCUT2D eigenvalue weighted by Gasteiger charge is 2.18. The van der Waals surface area contributed by atoms with Crippen molar-refractivity contribution in [3.05, 3.63) is 34.4 Å². The smallest absolute Gasteiger partial charge is 0.222 e. The summed E-state index contributed by atoms with van der Waals surface area (Å²) in [4.78, 5) is 18.3. The van der Waals surface area contributed by atoms with Crippen molar-refractivity contribution in [1.29, 1.82) is 0 Å². The largest absolute Gasteiger partial charge is 0.357 e. The number of nitrogens with one attached hydrogen (secondary N) is 2. The molecule has 0 spiro atoms. The molecule has 2 N–H and O–H groups in total. The Morgan fingerprint density at radius 1 is 1.19 bits per heavy atom. The standard InChI is InChI=1S/C20H32N4O.HI/c1-5-21-20(22-9-7-11-24-10-6-8-19(24)25)23-14-18-16(3)12-15(2)13-17(18)4;/h12-13H,5-11,14H2,1-4H3,(H2,21,22,23);1H. The van der Waals surface area contributed by atoms with Gasteiger partial charge in [0.15, 0.2) is 5.96 Å². The Balaban J connectivity index is 0.00000338. The van der Waals surface area contributed by atoms with Crippen LogP contribution in [0, 0.1) is 20.8 Å². The van der Waals surface area contributed by atoms with Crippen LogP contribution >= 0.6 is 24.0 Å². The molecule has 0 aliphatic carbocycles. The van der Waals surface area contributed by atoms with E-state index in [-0.39, 0.29) is 24.0 Å². The fourth-order valence-corrected chi connectivity index (χ4v) is 3.38. The molecule has 26 heavy (non-hydrogen) atoms. The highest BCUT2D eigenvalue weighted by Crippen LogP contribution is 2.17. The molecule has 0 aromatic heterocycles. The van der Waals surface area contributed by atoms with Crippen molar-refractivity contribution >= 4 is 35.8 Å². The fraction of sp³-hybridized carbons (Fsp3) is 0.600. The zero-order valence-corrected chi connectivity index (χ0v) is 18.9. The summed E-state index contributed by atoms with van der Waals surface area (Å²) < 4.78 is 0. The fourth-order valence-electron chi connectivity index (χ4n) is 3.38. The summed E-state index contributed by atoms with van der Waals surface area (Å²) in [7, 11) is 0. The molecule has 1 aromatic carbocycles. The van der Waals surface area contributed by atoms with E-state index in [0.29, 0.717) is 18.9 Å². The Labute approximate surface area is 175 Å². The van der Waals surface area contributed by atoms with E-state index >= 15 is 0 Å². The minimum absolute atomic E-state index is 0. The molecule has 1 amide bonds. The molecule has 1 aliphatic rings. The molecule has 0 bridgehead atoms. The van der Waals surface area contributed by atoms with Crippen LogP contribution in [0.1, 0.15) is 48.4 Å². The van der Waals surface area contributed by atoms with Gasteiger partial charge in [0.1, 0.15) is 0 Å². The third kappa shape index (κ3) is 6.78. The van der Waals surface area contributed by atoms with Crippen molar-refractivity contribution < 1.29 is 4.79 Å². The first-order valence-corrected chi connectivity index (χ1v) is 9.38. The number of hydrogen-bond acceptors (Lipinski definition) is 2. The van der Waals surface area contributed by atoms with E-state index in [0.717, 1.165) is 45.0 Å². The summed E-state index contributed by atoms with van der Waals surface area (Å²) in [5.74, 6) is 1.14. The van der Waals surface area contributed by atoms with Crippen LogP contribution in [0.3, 0.4) is 0 Å². The third-order valence-corrected chi connectivity index (χ3v) is 4.65. The van der Waals surface area contributed by atoms with Crippen molar-refractivity contribution in [2.24, 2.45) is 4.99 Å². The molecule has 146 valence electrons. The van der Waals surface area contributed by atoms with Gasteiger partial charge in [-0.05, 0) is 57.2 Å². The number of likely N-dealkylation sites (tertiary alicyclic amines) is 1. The Bertz CT molecular complexity index is 607.